The van der Waals surface area contributed by atoms with E-state index in [9.17, 15) is 9.59 Å². The molecule has 1 amide bonds. The molecular formula is C15H19N3O3S. The summed E-state index contributed by atoms with van der Waals surface area (Å²) in [5.41, 5.74) is 3.15. The zero-order chi connectivity index (χ0) is 16.3. The van der Waals surface area contributed by atoms with Crippen molar-refractivity contribution in [2.24, 2.45) is 7.05 Å². The quantitative estimate of drug-likeness (QED) is 0.853. The third kappa shape index (κ3) is 3.73. The highest BCUT2D eigenvalue weighted by Gasteiger charge is 2.12. The van der Waals surface area contributed by atoms with E-state index >= 15 is 0 Å². The lowest BCUT2D eigenvalue weighted by Gasteiger charge is -2.04. The average molecular weight is 321 g/mol. The molecular weight excluding hydrogens is 302 g/mol. The van der Waals surface area contributed by atoms with Gasteiger partial charge in [0.05, 0.1) is 12.2 Å². The molecule has 22 heavy (non-hydrogen) atoms. The van der Waals surface area contributed by atoms with Crippen LogP contribution in [0.5, 0.6) is 0 Å². The topological polar surface area (TPSA) is 84.2 Å². The molecule has 2 aromatic heterocycles. The van der Waals surface area contributed by atoms with Gasteiger partial charge in [-0.2, -0.15) is 5.10 Å². The van der Waals surface area contributed by atoms with Crippen molar-refractivity contribution in [2.45, 2.75) is 33.2 Å². The van der Waals surface area contributed by atoms with Gasteiger partial charge in [0.25, 0.3) is 0 Å². The molecule has 0 atom stereocenters. The Kier molecular flexibility index (Phi) is 4.97. The van der Waals surface area contributed by atoms with Crippen LogP contribution in [0.2, 0.25) is 0 Å². The van der Waals surface area contributed by atoms with Gasteiger partial charge in [-0.15, -0.1) is 11.3 Å². The highest BCUT2D eigenvalue weighted by Crippen LogP contribution is 2.16. The summed E-state index contributed by atoms with van der Waals surface area (Å²) >= 11 is 1.18. The molecule has 0 fully saturated rings. The number of hydrogen-bond donors (Lipinski definition) is 2. The summed E-state index contributed by atoms with van der Waals surface area (Å²) in [6, 6.07) is 3.28. The number of nitrogens with zero attached hydrogens (tertiary/aromatic N) is 2. The standard InChI is InChI=1S/C15H19N3O3S/c1-9-12(10(2)18(3)17-9)5-7-14(19)16-8-11-4-6-13(22-11)15(20)21/h4,6H,5,7-8H2,1-3H3,(H,16,19)(H,20,21). The number of thiophene rings is 1. The molecule has 0 spiro atoms. The zero-order valence-corrected chi connectivity index (χ0v) is 13.7. The van der Waals surface area contributed by atoms with Crippen molar-refractivity contribution < 1.29 is 14.7 Å². The summed E-state index contributed by atoms with van der Waals surface area (Å²) in [7, 11) is 1.89. The molecule has 0 aliphatic rings. The lowest BCUT2D eigenvalue weighted by Crippen LogP contribution is -2.22. The van der Waals surface area contributed by atoms with Crippen LogP contribution < -0.4 is 5.32 Å². The van der Waals surface area contributed by atoms with Crippen molar-refractivity contribution >= 4 is 23.2 Å². The molecule has 2 rings (SSSR count). The van der Waals surface area contributed by atoms with Gasteiger partial charge in [0.2, 0.25) is 5.91 Å². The van der Waals surface area contributed by atoms with Crippen molar-refractivity contribution in [3.8, 4) is 0 Å². The smallest absolute Gasteiger partial charge is 0.345 e. The van der Waals surface area contributed by atoms with Crippen LogP contribution >= 0.6 is 11.3 Å². The van der Waals surface area contributed by atoms with Gasteiger partial charge < -0.3 is 10.4 Å². The third-order valence-electron chi connectivity index (χ3n) is 3.59. The molecule has 0 bridgehead atoms. The minimum Gasteiger partial charge on any atom is -0.477 e. The maximum Gasteiger partial charge on any atom is 0.345 e. The molecule has 0 aliphatic carbocycles. The summed E-state index contributed by atoms with van der Waals surface area (Å²) in [5.74, 6) is -0.988. The van der Waals surface area contributed by atoms with E-state index in [1.165, 1.54) is 11.3 Å². The largest absolute Gasteiger partial charge is 0.477 e. The Hall–Kier alpha value is -2.15. The second-order valence-corrected chi connectivity index (χ2v) is 6.29. The van der Waals surface area contributed by atoms with Crippen molar-refractivity contribution in [1.82, 2.24) is 15.1 Å². The molecule has 6 nitrogen and oxygen atoms in total. The maximum absolute atomic E-state index is 11.9. The molecule has 2 heterocycles. The first kappa shape index (κ1) is 16.2. The number of nitrogens with one attached hydrogen (secondary N) is 1. The first-order chi connectivity index (χ1) is 10.4. The Morgan fingerprint density at radius 3 is 2.64 bits per heavy atom. The van der Waals surface area contributed by atoms with Gasteiger partial charge in [0.1, 0.15) is 4.88 Å². The number of hydrogen-bond acceptors (Lipinski definition) is 4. The maximum atomic E-state index is 11.9. The number of carboxylic acid groups (broad SMARTS) is 1. The number of aryl methyl sites for hydroxylation is 2. The van der Waals surface area contributed by atoms with Gasteiger partial charge in [-0.3, -0.25) is 9.48 Å². The van der Waals surface area contributed by atoms with Gasteiger partial charge in [-0.25, -0.2) is 4.79 Å². The second-order valence-electron chi connectivity index (χ2n) is 5.12. The van der Waals surface area contributed by atoms with E-state index in [4.69, 9.17) is 5.11 Å². The number of carboxylic acids is 1. The summed E-state index contributed by atoms with van der Waals surface area (Å²) in [5, 5.41) is 16.0. The van der Waals surface area contributed by atoms with Crippen LogP contribution in [0.25, 0.3) is 0 Å². The summed E-state index contributed by atoms with van der Waals surface area (Å²) < 4.78 is 1.82. The molecule has 7 heteroatoms. The van der Waals surface area contributed by atoms with Crippen molar-refractivity contribution in [1.29, 1.82) is 0 Å². The molecule has 0 radical (unpaired) electrons. The molecule has 2 N–H and O–H groups in total. The lowest BCUT2D eigenvalue weighted by atomic mass is 10.1. The monoisotopic (exact) mass is 321 g/mol. The van der Waals surface area contributed by atoms with E-state index in [-0.39, 0.29) is 10.8 Å². The van der Waals surface area contributed by atoms with E-state index in [1.54, 1.807) is 12.1 Å². The number of carbonyl (C=O) groups excluding carboxylic acids is 1. The van der Waals surface area contributed by atoms with Crippen LogP contribution in [-0.2, 0) is 24.8 Å². The van der Waals surface area contributed by atoms with Gasteiger partial charge >= 0.3 is 5.97 Å². The van der Waals surface area contributed by atoms with Gasteiger partial charge in [-0.1, -0.05) is 0 Å². The zero-order valence-electron chi connectivity index (χ0n) is 12.8. The number of aromatic nitrogens is 2. The van der Waals surface area contributed by atoms with Crippen LogP contribution in [-0.4, -0.2) is 26.8 Å². The highest BCUT2D eigenvalue weighted by molar-refractivity contribution is 7.13. The summed E-state index contributed by atoms with van der Waals surface area (Å²) in [6.45, 7) is 4.30. The summed E-state index contributed by atoms with van der Waals surface area (Å²) in [4.78, 5) is 23.8. The SMILES string of the molecule is Cc1nn(C)c(C)c1CCC(=O)NCc1ccc(C(=O)O)s1. The minimum absolute atomic E-state index is 0.0482. The van der Waals surface area contributed by atoms with E-state index in [2.05, 4.69) is 10.4 Å². The van der Waals surface area contributed by atoms with Gasteiger partial charge in [0, 0.05) is 24.0 Å². The minimum atomic E-state index is -0.940. The first-order valence-corrected chi connectivity index (χ1v) is 7.78. The average Bonchev–Trinajstić information content (AvgIpc) is 3.02. The molecule has 0 unspecified atom stereocenters. The van der Waals surface area contributed by atoms with Gasteiger partial charge in [0.15, 0.2) is 0 Å². The molecule has 0 saturated carbocycles. The number of amides is 1. The number of carbonyl (C=O) groups is 2. The molecule has 0 aliphatic heterocycles. The molecule has 2 aromatic rings. The van der Waals surface area contributed by atoms with Crippen molar-refractivity contribution in [2.75, 3.05) is 0 Å². The normalized spacial score (nSPS) is 10.7. The first-order valence-electron chi connectivity index (χ1n) is 6.96. The van der Waals surface area contributed by atoms with E-state index in [0.29, 0.717) is 19.4 Å². The predicted molar refractivity (Wildman–Crippen MR) is 84.1 cm³/mol. The summed E-state index contributed by atoms with van der Waals surface area (Å²) in [6.07, 6.45) is 1.05. The Labute approximate surface area is 132 Å². The van der Waals surface area contributed by atoms with Crippen molar-refractivity contribution in [3.05, 3.63) is 38.8 Å². The van der Waals surface area contributed by atoms with Crippen LogP contribution in [0.1, 0.15) is 37.9 Å². The Morgan fingerprint density at radius 2 is 2.09 bits per heavy atom. The molecule has 0 saturated heterocycles. The van der Waals surface area contributed by atoms with E-state index < -0.39 is 5.97 Å². The van der Waals surface area contributed by atoms with Gasteiger partial charge in [-0.05, 0) is 38.0 Å². The predicted octanol–water partition coefficient (Wildman–Crippen LogP) is 2.05. The highest BCUT2D eigenvalue weighted by atomic mass is 32.1. The fraction of sp³-hybridized carbons (Fsp3) is 0.400. The second kappa shape index (κ2) is 6.74. The Balaban J connectivity index is 1.84. The van der Waals surface area contributed by atoms with Crippen LogP contribution in [0, 0.1) is 13.8 Å². The Bertz CT molecular complexity index is 703. The van der Waals surface area contributed by atoms with E-state index in [1.807, 2.05) is 25.6 Å². The third-order valence-corrected chi connectivity index (χ3v) is 4.67. The van der Waals surface area contributed by atoms with Crippen LogP contribution in [0.3, 0.4) is 0 Å². The Morgan fingerprint density at radius 1 is 1.36 bits per heavy atom. The lowest BCUT2D eigenvalue weighted by molar-refractivity contribution is -0.121. The fourth-order valence-electron chi connectivity index (χ4n) is 2.28. The molecule has 118 valence electrons. The fourth-order valence-corrected chi connectivity index (χ4v) is 3.07. The number of aromatic carboxylic acids is 1. The number of rotatable bonds is 6. The van der Waals surface area contributed by atoms with E-state index in [0.717, 1.165) is 21.8 Å². The van der Waals surface area contributed by atoms with Crippen LogP contribution in [0.15, 0.2) is 12.1 Å². The van der Waals surface area contributed by atoms with Crippen LogP contribution in [0.4, 0.5) is 0 Å². The van der Waals surface area contributed by atoms with Crippen molar-refractivity contribution in [3.63, 3.8) is 0 Å². The molecule has 0 aromatic carbocycles.